The van der Waals surface area contributed by atoms with Crippen molar-refractivity contribution >= 4 is 21.6 Å². The minimum Gasteiger partial charge on any atom is -0.210 e. The van der Waals surface area contributed by atoms with Gasteiger partial charge in [-0.2, -0.15) is 0 Å². The van der Waals surface area contributed by atoms with Crippen molar-refractivity contribution in [3.63, 3.8) is 0 Å². The molecule has 4 heteroatoms. The molecule has 0 saturated heterocycles. The lowest BCUT2D eigenvalue weighted by Crippen LogP contribution is -2.14. The molecule has 0 bridgehead atoms. The summed E-state index contributed by atoms with van der Waals surface area (Å²) in [6.07, 6.45) is -2.14. The van der Waals surface area contributed by atoms with Crippen LogP contribution in [0.4, 0.5) is 8.78 Å². The van der Waals surface area contributed by atoms with Gasteiger partial charge in [0.2, 0.25) is 6.43 Å². The fourth-order valence-electron chi connectivity index (χ4n) is 0.754. The van der Waals surface area contributed by atoms with Gasteiger partial charge in [-0.25, -0.2) is 8.78 Å². The fourth-order valence-corrected chi connectivity index (χ4v) is 3.35. The molecular weight excluding hydrogens is 198 g/mol. The van der Waals surface area contributed by atoms with Crippen LogP contribution in [0.2, 0.25) is 0 Å². The van der Waals surface area contributed by atoms with Crippen LogP contribution in [0, 0.1) is 5.92 Å². The summed E-state index contributed by atoms with van der Waals surface area (Å²) in [6.45, 7) is 6.03. The van der Waals surface area contributed by atoms with Crippen LogP contribution in [0.25, 0.3) is 0 Å². The molecular formula is C8H16F2S2. The average Bonchev–Trinajstić information content (AvgIpc) is 1.96. The summed E-state index contributed by atoms with van der Waals surface area (Å²) in [6, 6.07) is 0. The topological polar surface area (TPSA) is 0 Å². The highest BCUT2D eigenvalue weighted by Crippen LogP contribution is 2.34. The molecule has 0 aliphatic carbocycles. The van der Waals surface area contributed by atoms with E-state index in [9.17, 15) is 8.78 Å². The molecule has 0 fully saturated rings. The van der Waals surface area contributed by atoms with E-state index in [1.54, 1.807) is 21.6 Å². The van der Waals surface area contributed by atoms with Gasteiger partial charge in [0.05, 0.1) is 0 Å². The molecule has 1 atom stereocenters. The molecule has 0 nitrogen and oxygen atoms in total. The second-order valence-electron chi connectivity index (χ2n) is 2.91. The zero-order valence-corrected chi connectivity index (χ0v) is 9.35. The molecule has 12 heavy (non-hydrogen) atoms. The predicted molar refractivity (Wildman–Crippen MR) is 55.0 cm³/mol. The maximum Gasteiger partial charge on any atom is 0.239 e. The van der Waals surface area contributed by atoms with E-state index in [4.69, 9.17) is 0 Å². The highest BCUT2D eigenvalue weighted by molar-refractivity contribution is 8.76. The van der Waals surface area contributed by atoms with Gasteiger partial charge >= 0.3 is 0 Å². The Kier molecular flexibility index (Phi) is 7.34. The van der Waals surface area contributed by atoms with Gasteiger partial charge in [-0.15, -0.1) is 0 Å². The highest BCUT2D eigenvalue weighted by Gasteiger charge is 2.18. The molecule has 74 valence electrons. The number of hydrogen-bond acceptors (Lipinski definition) is 2. The average molecular weight is 214 g/mol. The third kappa shape index (κ3) is 6.12. The summed E-state index contributed by atoms with van der Waals surface area (Å²) in [5.74, 6) is 1.32. The Bertz CT molecular complexity index is 107. The smallest absolute Gasteiger partial charge is 0.210 e. The summed E-state index contributed by atoms with van der Waals surface area (Å²) in [7, 11) is 3.26. The Morgan fingerprint density at radius 2 is 1.83 bits per heavy atom. The summed E-state index contributed by atoms with van der Waals surface area (Å²) in [4.78, 5) is 0. The van der Waals surface area contributed by atoms with Crippen LogP contribution in [0.1, 0.15) is 27.2 Å². The molecule has 0 unspecified atom stereocenters. The minimum absolute atomic E-state index is 0.0231. The predicted octanol–water partition coefficient (Wildman–Crippen LogP) is 4.07. The zero-order chi connectivity index (χ0) is 9.56. The van der Waals surface area contributed by atoms with Crippen LogP contribution in [-0.2, 0) is 0 Å². The van der Waals surface area contributed by atoms with Crippen molar-refractivity contribution in [2.75, 3.05) is 5.75 Å². The van der Waals surface area contributed by atoms with Gasteiger partial charge < -0.3 is 0 Å². The zero-order valence-electron chi connectivity index (χ0n) is 7.72. The SMILES string of the molecule is CCSS[C@@H](CC(F)F)C(C)C. The van der Waals surface area contributed by atoms with Gasteiger partial charge in [-0.1, -0.05) is 42.4 Å². The van der Waals surface area contributed by atoms with Gasteiger partial charge in [0.25, 0.3) is 0 Å². The van der Waals surface area contributed by atoms with Crippen LogP contribution < -0.4 is 0 Å². The van der Waals surface area contributed by atoms with Gasteiger partial charge in [0.15, 0.2) is 0 Å². The Morgan fingerprint density at radius 3 is 2.17 bits per heavy atom. The van der Waals surface area contributed by atoms with Gasteiger partial charge in [-0.3, -0.25) is 0 Å². The van der Waals surface area contributed by atoms with Crippen LogP contribution in [-0.4, -0.2) is 17.4 Å². The molecule has 0 aliphatic heterocycles. The van der Waals surface area contributed by atoms with E-state index in [1.165, 1.54) is 0 Å². The quantitative estimate of drug-likeness (QED) is 0.611. The number of alkyl halides is 2. The van der Waals surface area contributed by atoms with E-state index in [2.05, 4.69) is 0 Å². The Morgan fingerprint density at radius 1 is 1.25 bits per heavy atom. The van der Waals surface area contributed by atoms with E-state index in [1.807, 2.05) is 20.8 Å². The monoisotopic (exact) mass is 214 g/mol. The maximum atomic E-state index is 12.0. The lowest BCUT2D eigenvalue weighted by molar-refractivity contribution is 0.132. The first-order valence-corrected chi connectivity index (χ1v) is 6.52. The molecule has 0 aliphatic rings. The third-order valence-corrected chi connectivity index (χ3v) is 4.68. The van der Waals surface area contributed by atoms with Crippen LogP contribution >= 0.6 is 21.6 Å². The standard InChI is InChI=1S/C8H16F2S2/c1-4-11-12-7(6(2)3)5-8(9)10/h6-8H,4-5H2,1-3H3/t7-/m0/s1. The molecule has 0 rings (SSSR count). The summed E-state index contributed by atoms with van der Waals surface area (Å²) < 4.78 is 24.1. The molecule has 0 aromatic carbocycles. The second-order valence-corrected chi connectivity index (χ2v) is 5.81. The molecule has 0 aromatic rings. The Hall–Kier alpha value is 0.560. The van der Waals surface area contributed by atoms with E-state index in [0.29, 0.717) is 5.92 Å². The molecule has 0 saturated carbocycles. The second kappa shape index (κ2) is 7.01. The fraction of sp³-hybridized carbons (Fsp3) is 1.00. The first-order chi connectivity index (χ1) is 5.57. The molecule has 0 aromatic heterocycles. The third-order valence-electron chi connectivity index (χ3n) is 1.46. The van der Waals surface area contributed by atoms with E-state index in [0.717, 1.165) is 5.75 Å². The van der Waals surface area contributed by atoms with E-state index < -0.39 is 6.43 Å². The summed E-state index contributed by atoms with van der Waals surface area (Å²) >= 11 is 0. The number of hydrogen-bond donors (Lipinski definition) is 0. The van der Waals surface area contributed by atoms with Crippen molar-refractivity contribution in [1.29, 1.82) is 0 Å². The minimum atomic E-state index is -2.16. The molecule has 0 spiro atoms. The summed E-state index contributed by atoms with van der Waals surface area (Å²) in [5, 5.41) is 0.0925. The number of halogens is 2. The van der Waals surface area contributed by atoms with E-state index in [-0.39, 0.29) is 11.7 Å². The summed E-state index contributed by atoms with van der Waals surface area (Å²) in [5.41, 5.74) is 0. The lowest BCUT2D eigenvalue weighted by atomic mass is 10.1. The highest BCUT2D eigenvalue weighted by atomic mass is 33.1. The number of rotatable bonds is 6. The van der Waals surface area contributed by atoms with Gasteiger partial charge in [0, 0.05) is 17.4 Å². The van der Waals surface area contributed by atoms with Crippen LogP contribution in [0.3, 0.4) is 0 Å². The van der Waals surface area contributed by atoms with Crippen molar-refractivity contribution in [1.82, 2.24) is 0 Å². The normalized spacial score (nSPS) is 14.2. The van der Waals surface area contributed by atoms with Crippen molar-refractivity contribution in [2.24, 2.45) is 5.92 Å². The van der Waals surface area contributed by atoms with Crippen molar-refractivity contribution < 1.29 is 8.78 Å². The first-order valence-electron chi connectivity index (χ1n) is 4.14. The molecule has 0 N–H and O–H groups in total. The van der Waals surface area contributed by atoms with Crippen LogP contribution in [0.15, 0.2) is 0 Å². The van der Waals surface area contributed by atoms with Crippen molar-refractivity contribution in [3.05, 3.63) is 0 Å². The van der Waals surface area contributed by atoms with Gasteiger partial charge in [0.1, 0.15) is 0 Å². The Labute approximate surface area is 81.3 Å². The van der Waals surface area contributed by atoms with Crippen LogP contribution in [0.5, 0.6) is 0 Å². The largest absolute Gasteiger partial charge is 0.239 e. The maximum absolute atomic E-state index is 12.0. The van der Waals surface area contributed by atoms with E-state index >= 15 is 0 Å². The molecule has 0 amide bonds. The van der Waals surface area contributed by atoms with Crippen molar-refractivity contribution in [3.8, 4) is 0 Å². The van der Waals surface area contributed by atoms with Gasteiger partial charge in [-0.05, 0) is 5.92 Å². The first kappa shape index (κ1) is 12.6. The van der Waals surface area contributed by atoms with Crippen molar-refractivity contribution in [2.45, 2.75) is 38.9 Å². The Balaban J connectivity index is 3.70. The molecule has 0 heterocycles. The lowest BCUT2D eigenvalue weighted by Gasteiger charge is -2.18. The molecule has 0 radical (unpaired) electrons.